The van der Waals surface area contributed by atoms with E-state index >= 15 is 0 Å². The Morgan fingerprint density at radius 2 is 1.57 bits per heavy atom. The van der Waals surface area contributed by atoms with E-state index in [0.717, 1.165) is 0 Å². The first-order valence-corrected chi connectivity index (χ1v) is 12.3. The highest BCUT2D eigenvalue weighted by molar-refractivity contribution is 7.92. The quantitative estimate of drug-likeness (QED) is 0.759. The van der Waals surface area contributed by atoms with Crippen molar-refractivity contribution in [3.05, 3.63) is 54.6 Å². The number of hydrogen-bond donors (Lipinski definition) is 0. The van der Waals surface area contributed by atoms with Gasteiger partial charge in [0.05, 0.1) is 11.0 Å². The maximum absolute atomic E-state index is 13.0. The van der Waals surface area contributed by atoms with Crippen LogP contribution in [-0.4, -0.2) is 28.1 Å². The van der Waals surface area contributed by atoms with Gasteiger partial charge in [0.1, 0.15) is 5.25 Å². The Kier molecular flexibility index (Phi) is 5.04. The van der Waals surface area contributed by atoms with Gasteiger partial charge in [-0.15, -0.1) is 0 Å². The molecule has 1 aliphatic rings. The molecule has 2 atom stereocenters. The zero-order valence-electron chi connectivity index (χ0n) is 14.5. The minimum atomic E-state index is -3.47. The van der Waals surface area contributed by atoms with Crippen LogP contribution >= 0.6 is 0 Å². The highest BCUT2D eigenvalue weighted by Crippen LogP contribution is 2.39. The number of benzene rings is 1. The van der Waals surface area contributed by atoms with Crippen LogP contribution in [-0.2, 0) is 14.3 Å². The predicted octanol–water partition coefficient (Wildman–Crippen LogP) is 4.35. The fraction of sp³-hybridized carbons (Fsp3) is 0.444. The van der Waals surface area contributed by atoms with Gasteiger partial charge in [-0.1, -0.05) is 63.3 Å². The van der Waals surface area contributed by atoms with Crippen LogP contribution in [0.5, 0.6) is 0 Å². The van der Waals surface area contributed by atoms with Crippen molar-refractivity contribution in [1.29, 1.82) is 0 Å². The Balaban J connectivity index is 2.34. The Morgan fingerprint density at radius 3 is 2.13 bits per heavy atom. The average molecular weight is 351 g/mol. The molecule has 126 valence electrons. The van der Waals surface area contributed by atoms with E-state index in [1.165, 1.54) is 0 Å². The number of hydrogen-bond acceptors (Lipinski definition) is 3. The third-order valence-corrected chi connectivity index (χ3v) is 11.2. The van der Waals surface area contributed by atoms with E-state index < -0.39 is 29.5 Å². The van der Waals surface area contributed by atoms with Crippen LogP contribution in [0.2, 0.25) is 18.1 Å². The average Bonchev–Trinajstić information content (AvgIpc) is 2.47. The van der Waals surface area contributed by atoms with Crippen molar-refractivity contribution < 1.29 is 12.8 Å². The smallest absolute Gasteiger partial charge is 0.192 e. The molecule has 0 spiro atoms. The zero-order valence-corrected chi connectivity index (χ0v) is 16.3. The molecule has 0 saturated heterocycles. The van der Waals surface area contributed by atoms with Crippen molar-refractivity contribution in [2.45, 2.75) is 55.2 Å². The van der Waals surface area contributed by atoms with Crippen LogP contribution < -0.4 is 0 Å². The van der Waals surface area contributed by atoms with Gasteiger partial charge in [-0.3, -0.25) is 0 Å². The lowest BCUT2D eigenvalue weighted by Gasteiger charge is -2.40. The van der Waals surface area contributed by atoms with Crippen molar-refractivity contribution in [2.75, 3.05) is 0 Å². The Labute approximate surface area is 141 Å². The molecule has 1 aromatic carbocycles. The minimum Gasteiger partial charge on any atom is -0.409 e. The molecule has 0 N–H and O–H groups in total. The maximum Gasteiger partial charge on any atom is 0.192 e. The molecule has 0 heterocycles. The first kappa shape index (κ1) is 18.2. The van der Waals surface area contributed by atoms with E-state index in [1.807, 2.05) is 18.2 Å². The Morgan fingerprint density at radius 1 is 1.00 bits per heavy atom. The van der Waals surface area contributed by atoms with Crippen molar-refractivity contribution >= 4 is 18.2 Å². The summed E-state index contributed by atoms with van der Waals surface area (Å²) in [7, 11) is -5.53. The molecule has 0 aromatic heterocycles. The van der Waals surface area contributed by atoms with Crippen molar-refractivity contribution in [3.8, 4) is 0 Å². The van der Waals surface area contributed by atoms with E-state index in [4.69, 9.17) is 4.43 Å². The van der Waals surface area contributed by atoms with Gasteiger partial charge in [-0.25, -0.2) is 8.42 Å². The number of sulfone groups is 1. The summed E-state index contributed by atoms with van der Waals surface area (Å²) < 4.78 is 32.4. The largest absolute Gasteiger partial charge is 0.409 e. The lowest BCUT2D eigenvalue weighted by molar-refractivity contribution is 0.228. The van der Waals surface area contributed by atoms with E-state index in [9.17, 15) is 8.42 Å². The van der Waals surface area contributed by atoms with Gasteiger partial charge in [-0.2, -0.15) is 0 Å². The second-order valence-electron chi connectivity index (χ2n) is 7.44. The van der Waals surface area contributed by atoms with Gasteiger partial charge in [0.15, 0.2) is 18.2 Å². The van der Waals surface area contributed by atoms with E-state index in [-0.39, 0.29) is 5.04 Å². The molecule has 0 bridgehead atoms. The van der Waals surface area contributed by atoms with Crippen LogP contribution in [0.4, 0.5) is 0 Å². The molecule has 0 fully saturated rings. The molecule has 0 unspecified atom stereocenters. The first-order valence-electron chi connectivity index (χ1n) is 7.87. The molecule has 0 radical (unpaired) electrons. The molecular weight excluding hydrogens is 324 g/mol. The van der Waals surface area contributed by atoms with Crippen LogP contribution in [0, 0.1) is 0 Å². The fourth-order valence-electron chi connectivity index (χ4n) is 2.24. The van der Waals surface area contributed by atoms with Gasteiger partial charge >= 0.3 is 0 Å². The summed E-state index contributed by atoms with van der Waals surface area (Å²) in [6.45, 7) is 10.8. The topological polar surface area (TPSA) is 43.4 Å². The molecule has 0 saturated carbocycles. The molecule has 3 nitrogen and oxygen atoms in total. The van der Waals surface area contributed by atoms with E-state index in [0.29, 0.717) is 4.90 Å². The lowest BCUT2D eigenvalue weighted by Crippen LogP contribution is -2.48. The lowest BCUT2D eigenvalue weighted by atomic mass is 10.1. The molecule has 23 heavy (non-hydrogen) atoms. The molecule has 0 amide bonds. The summed E-state index contributed by atoms with van der Waals surface area (Å²) in [5.41, 5.74) is 0. The third kappa shape index (κ3) is 3.84. The first-order chi connectivity index (χ1) is 10.6. The predicted molar refractivity (Wildman–Crippen MR) is 97.8 cm³/mol. The van der Waals surface area contributed by atoms with Crippen LogP contribution in [0.25, 0.3) is 0 Å². The summed E-state index contributed by atoms with van der Waals surface area (Å²) in [5, 5.41) is -0.646. The highest BCUT2D eigenvalue weighted by atomic mass is 32.2. The Hall–Kier alpha value is -1.17. The summed E-state index contributed by atoms with van der Waals surface area (Å²) in [4.78, 5) is 0.341. The highest BCUT2D eigenvalue weighted by Gasteiger charge is 2.42. The second kappa shape index (κ2) is 6.38. The minimum absolute atomic E-state index is 0.0308. The number of rotatable bonds is 4. The summed E-state index contributed by atoms with van der Waals surface area (Å²) in [6, 6.07) is 8.60. The summed E-state index contributed by atoms with van der Waals surface area (Å²) >= 11 is 0. The zero-order chi connectivity index (χ0) is 17.3. The normalized spacial score (nSPS) is 22.3. The van der Waals surface area contributed by atoms with Gasteiger partial charge in [0, 0.05) is 0 Å². The summed E-state index contributed by atoms with van der Waals surface area (Å²) in [5.74, 6) is 0. The SMILES string of the molecule is CC(C)(C)[Si](C)(C)O[C@@H]1C=CC=C[C@H]1S(=O)(=O)c1ccccc1. The third-order valence-electron chi connectivity index (χ3n) is 4.70. The summed E-state index contributed by atoms with van der Waals surface area (Å²) in [6.07, 6.45) is 6.82. The molecule has 1 aliphatic carbocycles. The van der Waals surface area contributed by atoms with Crippen LogP contribution in [0.1, 0.15) is 20.8 Å². The molecule has 5 heteroatoms. The van der Waals surface area contributed by atoms with Crippen LogP contribution in [0.15, 0.2) is 59.5 Å². The fourth-order valence-corrected chi connectivity index (χ4v) is 5.24. The molecule has 0 aliphatic heterocycles. The van der Waals surface area contributed by atoms with Crippen molar-refractivity contribution in [3.63, 3.8) is 0 Å². The van der Waals surface area contributed by atoms with Crippen molar-refractivity contribution in [1.82, 2.24) is 0 Å². The monoisotopic (exact) mass is 350 g/mol. The van der Waals surface area contributed by atoms with Gasteiger partial charge in [-0.05, 0) is 30.3 Å². The molecule has 2 rings (SSSR count). The second-order valence-corrected chi connectivity index (χ2v) is 14.3. The van der Waals surface area contributed by atoms with Gasteiger partial charge in [0.2, 0.25) is 0 Å². The number of allylic oxidation sites excluding steroid dienone is 2. The van der Waals surface area contributed by atoms with Gasteiger partial charge < -0.3 is 4.43 Å². The van der Waals surface area contributed by atoms with E-state index in [1.54, 1.807) is 36.4 Å². The Bertz CT molecular complexity index is 698. The molecule has 1 aromatic rings. The maximum atomic E-state index is 13.0. The van der Waals surface area contributed by atoms with Gasteiger partial charge in [0.25, 0.3) is 0 Å². The molecular formula is C18H26O3SSi. The van der Waals surface area contributed by atoms with Crippen LogP contribution in [0.3, 0.4) is 0 Å². The van der Waals surface area contributed by atoms with E-state index in [2.05, 4.69) is 33.9 Å². The van der Waals surface area contributed by atoms with Crippen molar-refractivity contribution in [2.24, 2.45) is 0 Å². The standard InChI is InChI=1S/C18H26O3SSi/c1-18(2,3)23(4,5)21-16-13-9-10-14-17(16)22(19,20)15-11-7-6-8-12-15/h6-14,16-17H,1-5H3/t16-,17-/m1/s1.